The number of carbonyl (C=O) groups is 1. The Hall–Kier alpha value is -0.450. The van der Waals surface area contributed by atoms with E-state index in [2.05, 4.69) is 21.2 Å². The third-order valence-corrected chi connectivity index (χ3v) is 3.57. The molecule has 1 unspecified atom stereocenters. The van der Waals surface area contributed by atoms with Gasteiger partial charge < -0.3 is 10.1 Å². The number of anilines is 1. The summed E-state index contributed by atoms with van der Waals surface area (Å²) < 4.78 is 6.01. The fourth-order valence-electron chi connectivity index (χ4n) is 1.26. The number of fused-ring (bicyclic) bond motifs is 1. The van der Waals surface area contributed by atoms with Crippen LogP contribution in [0.2, 0.25) is 10.0 Å². The first kappa shape index (κ1) is 11.0. The molecule has 0 saturated carbocycles. The van der Waals surface area contributed by atoms with E-state index in [0.717, 1.165) is 0 Å². The molecule has 80 valence electrons. The molecule has 0 saturated heterocycles. The number of hydrogen-bond acceptors (Lipinski definition) is 2. The molecule has 0 aromatic heterocycles. The first-order valence-corrected chi connectivity index (χ1v) is 5.70. The highest BCUT2D eigenvalue weighted by Crippen LogP contribution is 2.45. The van der Waals surface area contributed by atoms with Gasteiger partial charge in [-0.05, 0) is 28.9 Å². The van der Waals surface area contributed by atoms with Gasteiger partial charge in [-0.3, -0.25) is 4.79 Å². The molecule has 1 aromatic rings. The van der Waals surface area contributed by atoms with E-state index in [4.69, 9.17) is 27.9 Å². The Morgan fingerprint density at radius 1 is 1.53 bits per heavy atom. The van der Waals surface area contributed by atoms with Crippen LogP contribution in [-0.4, -0.2) is 12.0 Å². The second-order valence-corrected chi connectivity index (χ2v) is 4.75. The van der Waals surface area contributed by atoms with Gasteiger partial charge in [0.25, 0.3) is 5.91 Å². The van der Waals surface area contributed by atoms with Gasteiger partial charge in [0.1, 0.15) is 5.69 Å². The zero-order valence-electron chi connectivity index (χ0n) is 7.61. The van der Waals surface area contributed by atoms with Crippen molar-refractivity contribution in [2.75, 3.05) is 5.32 Å². The van der Waals surface area contributed by atoms with Crippen molar-refractivity contribution in [2.24, 2.45) is 0 Å². The summed E-state index contributed by atoms with van der Waals surface area (Å²) in [5.74, 6) is 0.172. The normalized spacial score (nSPS) is 19.2. The third-order valence-electron chi connectivity index (χ3n) is 2.04. The lowest BCUT2D eigenvalue weighted by Crippen LogP contribution is -2.34. The summed E-state index contributed by atoms with van der Waals surface area (Å²) in [7, 11) is 0. The predicted molar refractivity (Wildman–Crippen MR) is 62.9 cm³/mol. The molecule has 1 aliphatic rings. The van der Waals surface area contributed by atoms with E-state index in [1.165, 1.54) is 0 Å². The van der Waals surface area contributed by atoms with Crippen molar-refractivity contribution >= 4 is 50.7 Å². The second kappa shape index (κ2) is 3.85. The van der Waals surface area contributed by atoms with Crippen LogP contribution in [0.25, 0.3) is 0 Å². The summed E-state index contributed by atoms with van der Waals surface area (Å²) in [4.78, 5) is 11.4. The fourth-order valence-corrected chi connectivity index (χ4v) is 2.23. The third kappa shape index (κ3) is 1.82. The summed E-state index contributed by atoms with van der Waals surface area (Å²) in [6.45, 7) is 1.64. The molecular formula is C9H6BrCl2NO2. The van der Waals surface area contributed by atoms with Crippen molar-refractivity contribution in [3.8, 4) is 5.75 Å². The number of carbonyl (C=O) groups excluding carboxylic acids is 1. The summed E-state index contributed by atoms with van der Waals surface area (Å²) in [5, 5.41) is 3.44. The molecule has 0 fully saturated rings. The van der Waals surface area contributed by atoms with Crippen molar-refractivity contribution in [2.45, 2.75) is 13.0 Å². The number of halogens is 3. The monoisotopic (exact) mass is 309 g/mol. The van der Waals surface area contributed by atoms with Gasteiger partial charge in [0.2, 0.25) is 0 Å². The maximum atomic E-state index is 11.4. The van der Waals surface area contributed by atoms with Gasteiger partial charge in [0.05, 0.1) is 10.0 Å². The summed E-state index contributed by atoms with van der Waals surface area (Å²) >= 11 is 15.2. The van der Waals surface area contributed by atoms with Gasteiger partial charge in [-0.25, -0.2) is 0 Å². The first-order chi connectivity index (χ1) is 7.00. The SMILES string of the molecule is CC1Oc2c(Cl)c(Br)cc(Cl)c2NC1=O. The smallest absolute Gasteiger partial charge is 0.265 e. The molecule has 15 heavy (non-hydrogen) atoms. The van der Waals surface area contributed by atoms with Crippen LogP contribution >= 0.6 is 39.1 Å². The lowest BCUT2D eigenvalue weighted by Gasteiger charge is -2.25. The maximum absolute atomic E-state index is 11.4. The number of hydrogen-bond donors (Lipinski definition) is 1. The van der Waals surface area contributed by atoms with Crippen LogP contribution in [0.4, 0.5) is 5.69 Å². The lowest BCUT2D eigenvalue weighted by molar-refractivity contribution is -0.122. The van der Waals surface area contributed by atoms with Crippen LogP contribution in [0.15, 0.2) is 10.5 Å². The van der Waals surface area contributed by atoms with Crippen molar-refractivity contribution in [3.05, 3.63) is 20.6 Å². The zero-order valence-corrected chi connectivity index (χ0v) is 10.7. The van der Waals surface area contributed by atoms with Crippen LogP contribution in [0, 0.1) is 0 Å². The lowest BCUT2D eigenvalue weighted by atomic mass is 10.2. The Bertz CT molecular complexity index is 450. The molecule has 1 atom stereocenters. The summed E-state index contributed by atoms with van der Waals surface area (Å²) in [5.41, 5.74) is 0.424. The Kier molecular flexibility index (Phi) is 2.83. The molecule has 2 rings (SSSR count). The van der Waals surface area contributed by atoms with E-state index in [-0.39, 0.29) is 5.91 Å². The molecule has 0 aliphatic carbocycles. The largest absolute Gasteiger partial charge is 0.477 e. The van der Waals surface area contributed by atoms with Crippen molar-refractivity contribution < 1.29 is 9.53 Å². The van der Waals surface area contributed by atoms with Gasteiger partial charge in [0.15, 0.2) is 11.9 Å². The molecule has 1 aromatic carbocycles. The van der Waals surface area contributed by atoms with Crippen molar-refractivity contribution in [1.29, 1.82) is 0 Å². The molecule has 1 heterocycles. The number of ether oxygens (including phenoxy) is 1. The van der Waals surface area contributed by atoms with Crippen LogP contribution in [-0.2, 0) is 4.79 Å². The highest BCUT2D eigenvalue weighted by molar-refractivity contribution is 9.10. The minimum absolute atomic E-state index is 0.234. The Balaban J connectivity index is 2.61. The van der Waals surface area contributed by atoms with Gasteiger partial charge in [-0.1, -0.05) is 23.2 Å². The van der Waals surface area contributed by atoms with E-state index in [0.29, 0.717) is 26.0 Å². The molecule has 6 heteroatoms. The molecule has 1 aliphatic heterocycles. The van der Waals surface area contributed by atoms with E-state index in [9.17, 15) is 4.79 Å². The maximum Gasteiger partial charge on any atom is 0.265 e. The van der Waals surface area contributed by atoms with E-state index in [1.807, 2.05) is 0 Å². The molecule has 1 N–H and O–H groups in total. The topological polar surface area (TPSA) is 38.3 Å². The fraction of sp³-hybridized carbons (Fsp3) is 0.222. The van der Waals surface area contributed by atoms with Gasteiger partial charge in [-0.15, -0.1) is 0 Å². The molecule has 0 spiro atoms. The number of amides is 1. The number of benzene rings is 1. The highest BCUT2D eigenvalue weighted by atomic mass is 79.9. The summed E-state index contributed by atoms with van der Waals surface area (Å²) in [6, 6.07) is 1.61. The Morgan fingerprint density at radius 2 is 2.20 bits per heavy atom. The van der Waals surface area contributed by atoms with Crippen molar-refractivity contribution in [1.82, 2.24) is 0 Å². The molecular weight excluding hydrogens is 305 g/mol. The van der Waals surface area contributed by atoms with Crippen LogP contribution in [0.1, 0.15) is 6.92 Å². The average molecular weight is 311 g/mol. The summed E-state index contributed by atoms with van der Waals surface area (Å²) in [6.07, 6.45) is -0.569. The molecule has 0 bridgehead atoms. The van der Waals surface area contributed by atoms with Gasteiger partial charge in [0, 0.05) is 4.47 Å². The minimum Gasteiger partial charge on any atom is -0.477 e. The minimum atomic E-state index is -0.569. The standard InChI is InChI=1S/C9H6BrCl2NO2/c1-3-9(14)13-7-5(11)2-4(10)6(12)8(7)15-3/h2-3H,1H3,(H,13,14). The van der Waals surface area contributed by atoms with Crippen LogP contribution < -0.4 is 10.1 Å². The van der Waals surface area contributed by atoms with Crippen LogP contribution in [0.5, 0.6) is 5.75 Å². The van der Waals surface area contributed by atoms with Gasteiger partial charge in [-0.2, -0.15) is 0 Å². The van der Waals surface area contributed by atoms with Gasteiger partial charge >= 0.3 is 0 Å². The second-order valence-electron chi connectivity index (χ2n) is 3.11. The first-order valence-electron chi connectivity index (χ1n) is 4.15. The van der Waals surface area contributed by atoms with E-state index >= 15 is 0 Å². The number of rotatable bonds is 0. The van der Waals surface area contributed by atoms with Crippen molar-refractivity contribution in [3.63, 3.8) is 0 Å². The van der Waals surface area contributed by atoms with E-state index < -0.39 is 6.10 Å². The predicted octanol–water partition coefficient (Wildman–Crippen LogP) is 3.48. The zero-order chi connectivity index (χ0) is 11.2. The highest BCUT2D eigenvalue weighted by Gasteiger charge is 2.28. The molecule has 1 amide bonds. The molecule has 3 nitrogen and oxygen atoms in total. The number of nitrogens with one attached hydrogen (secondary N) is 1. The van der Waals surface area contributed by atoms with Crippen LogP contribution in [0.3, 0.4) is 0 Å². The quantitative estimate of drug-likeness (QED) is 0.745. The van der Waals surface area contributed by atoms with E-state index in [1.54, 1.807) is 13.0 Å². The Morgan fingerprint density at radius 3 is 2.87 bits per heavy atom. The average Bonchev–Trinajstić information content (AvgIpc) is 2.18. The Labute approximate surface area is 105 Å². The molecule has 0 radical (unpaired) electrons.